The summed E-state index contributed by atoms with van der Waals surface area (Å²) in [5, 5.41) is 2.06. The molecule has 0 atom stereocenters. The molecule has 0 spiro atoms. The second-order valence-electron chi connectivity index (χ2n) is 6.91. The first-order chi connectivity index (χ1) is 11.8. The average Bonchev–Trinajstić information content (AvgIpc) is 2.57. The van der Waals surface area contributed by atoms with Crippen LogP contribution in [0.1, 0.15) is 72.6 Å². The molecule has 148 valence electrons. The number of amides is 1. The van der Waals surface area contributed by atoms with E-state index in [0.717, 1.165) is 0 Å². The summed E-state index contributed by atoms with van der Waals surface area (Å²) in [6.45, 7) is 8.73. The number of alkyl halides is 3. The van der Waals surface area contributed by atoms with E-state index in [-0.39, 0.29) is 6.54 Å². The monoisotopic (exact) mass is 471 g/mol. The Hall–Kier alpha value is -0.201. The van der Waals surface area contributed by atoms with Gasteiger partial charge in [-0.2, -0.15) is 0 Å². The molecule has 0 aliphatic heterocycles. The van der Waals surface area contributed by atoms with E-state index >= 15 is 0 Å². The maximum atomic E-state index is 12.4. The molecular formula is C19H36F3NOSn. The van der Waals surface area contributed by atoms with Crippen molar-refractivity contribution in [2.75, 3.05) is 6.54 Å². The van der Waals surface area contributed by atoms with E-state index in [9.17, 15) is 18.0 Å². The molecule has 0 aromatic heterocycles. The average molecular weight is 470 g/mol. The van der Waals surface area contributed by atoms with Crippen LogP contribution in [-0.2, 0) is 4.79 Å². The summed E-state index contributed by atoms with van der Waals surface area (Å²) in [6.07, 6.45) is 5.11. The van der Waals surface area contributed by atoms with Crippen LogP contribution in [-0.4, -0.2) is 37.0 Å². The third-order valence-corrected chi connectivity index (χ3v) is 21.6. The molecule has 0 saturated heterocycles. The molecule has 6 heteroatoms. The first kappa shape index (κ1) is 24.8. The fourth-order valence-electron chi connectivity index (χ4n) is 3.53. The Kier molecular flexibility index (Phi) is 12.9. The van der Waals surface area contributed by atoms with Crippen LogP contribution in [0.5, 0.6) is 0 Å². The number of unbranched alkanes of at least 4 members (excludes halogenated alkanes) is 3. The summed E-state index contributed by atoms with van der Waals surface area (Å²) in [5.74, 6) is -1.82. The second kappa shape index (κ2) is 13.0. The van der Waals surface area contributed by atoms with Gasteiger partial charge in [-0.05, 0) is 0 Å². The predicted molar refractivity (Wildman–Crippen MR) is 102 cm³/mol. The Morgan fingerprint density at radius 2 is 1.40 bits per heavy atom. The van der Waals surface area contributed by atoms with E-state index in [1.165, 1.54) is 55.4 Å². The van der Waals surface area contributed by atoms with Crippen LogP contribution < -0.4 is 5.32 Å². The van der Waals surface area contributed by atoms with Gasteiger partial charge in [-0.25, -0.2) is 0 Å². The summed E-state index contributed by atoms with van der Waals surface area (Å²) >= 11 is -2.57. The van der Waals surface area contributed by atoms with Gasteiger partial charge in [-0.1, -0.05) is 0 Å². The number of carbonyl (C=O) groups excluding carboxylic acids is 1. The molecule has 2 nitrogen and oxygen atoms in total. The fourth-order valence-corrected chi connectivity index (χ4v) is 20.9. The molecule has 25 heavy (non-hydrogen) atoms. The summed E-state index contributed by atoms with van der Waals surface area (Å²) in [6, 6.07) is 0. The molecule has 0 aliphatic carbocycles. The van der Waals surface area contributed by atoms with E-state index < -0.39 is 30.5 Å². The zero-order valence-corrected chi connectivity index (χ0v) is 19.3. The maximum absolute atomic E-state index is 12.4. The third-order valence-electron chi connectivity index (χ3n) is 4.99. The first-order valence-corrected chi connectivity index (χ1v) is 17.3. The van der Waals surface area contributed by atoms with Gasteiger partial charge in [0.1, 0.15) is 0 Å². The number of carbonyl (C=O) groups is 1. The van der Waals surface area contributed by atoms with Crippen molar-refractivity contribution in [3.8, 4) is 0 Å². The summed E-state index contributed by atoms with van der Waals surface area (Å²) in [5.41, 5.74) is 0. The van der Waals surface area contributed by atoms with Gasteiger partial charge < -0.3 is 0 Å². The number of hydrogen-bond donors (Lipinski definition) is 1. The molecule has 0 heterocycles. The summed E-state index contributed by atoms with van der Waals surface area (Å²) < 4.78 is 42.4. The van der Waals surface area contributed by atoms with Crippen LogP contribution in [0.2, 0.25) is 13.3 Å². The number of rotatable bonds is 13. The van der Waals surface area contributed by atoms with Crippen molar-refractivity contribution in [3.05, 3.63) is 9.67 Å². The van der Waals surface area contributed by atoms with Crippen molar-refractivity contribution in [3.63, 3.8) is 0 Å². The molecule has 0 radical (unpaired) electrons. The molecule has 0 rings (SSSR count). The molecular weight excluding hydrogens is 434 g/mol. The van der Waals surface area contributed by atoms with E-state index in [0.29, 0.717) is 6.42 Å². The van der Waals surface area contributed by atoms with Gasteiger partial charge >= 0.3 is 156 Å². The van der Waals surface area contributed by atoms with Crippen molar-refractivity contribution in [2.45, 2.75) is 92.1 Å². The van der Waals surface area contributed by atoms with Gasteiger partial charge in [0.2, 0.25) is 0 Å². The molecule has 0 fully saturated rings. The van der Waals surface area contributed by atoms with Gasteiger partial charge in [0.05, 0.1) is 0 Å². The zero-order valence-electron chi connectivity index (χ0n) is 16.4. The molecule has 0 saturated carbocycles. The Morgan fingerprint density at radius 1 is 0.960 bits per heavy atom. The topological polar surface area (TPSA) is 29.1 Å². The van der Waals surface area contributed by atoms with Crippen molar-refractivity contribution in [1.29, 1.82) is 0 Å². The molecule has 0 unspecified atom stereocenters. The van der Waals surface area contributed by atoms with Crippen LogP contribution in [0.4, 0.5) is 13.2 Å². The van der Waals surface area contributed by atoms with Gasteiger partial charge in [0, 0.05) is 0 Å². The van der Waals surface area contributed by atoms with Crippen LogP contribution in [0.25, 0.3) is 0 Å². The molecule has 0 bridgehead atoms. The summed E-state index contributed by atoms with van der Waals surface area (Å²) in [7, 11) is 0. The second-order valence-corrected chi connectivity index (χ2v) is 20.3. The third kappa shape index (κ3) is 9.34. The van der Waals surface area contributed by atoms with Crippen LogP contribution in [0.15, 0.2) is 9.67 Å². The van der Waals surface area contributed by atoms with Crippen molar-refractivity contribution < 1.29 is 18.0 Å². The fraction of sp³-hybridized carbons (Fsp3) is 0.842. The zero-order chi connectivity index (χ0) is 19.3. The normalized spacial score (nSPS) is 13.2. The SMILES string of the molecule is CC=[C](CCNC(=O)C(F)(F)F)[Sn]([CH2]CCC)([CH2]CCC)[CH2]CCC. The van der Waals surface area contributed by atoms with Gasteiger partial charge in [0.15, 0.2) is 0 Å². The Labute approximate surface area is 155 Å². The Balaban J connectivity index is 5.14. The van der Waals surface area contributed by atoms with Crippen molar-refractivity contribution in [1.82, 2.24) is 5.32 Å². The Morgan fingerprint density at radius 3 is 1.72 bits per heavy atom. The number of allylic oxidation sites excluding steroid dienone is 1. The molecule has 1 N–H and O–H groups in total. The minimum absolute atomic E-state index is 0.0983. The van der Waals surface area contributed by atoms with Gasteiger partial charge in [0.25, 0.3) is 0 Å². The molecule has 0 aliphatic rings. The quantitative estimate of drug-likeness (QED) is 0.311. The van der Waals surface area contributed by atoms with Crippen LogP contribution in [0, 0.1) is 0 Å². The predicted octanol–water partition coefficient (Wildman–Crippen LogP) is 6.39. The number of nitrogens with one attached hydrogen (secondary N) is 1. The van der Waals surface area contributed by atoms with Crippen molar-refractivity contribution in [2.24, 2.45) is 0 Å². The number of halogens is 3. The standard InChI is InChI=1S/C7H9F3NO.3C4H9.Sn/c1-2-3-4-5-11-6(12)7(8,9)10;3*1-3-4-2;/h2H,4-5H2,1H3,(H,11,12);3*1,3-4H2,2H3;. The summed E-state index contributed by atoms with van der Waals surface area (Å²) in [4.78, 5) is 11.1. The van der Waals surface area contributed by atoms with E-state index in [2.05, 4.69) is 32.2 Å². The van der Waals surface area contributed by atoms with Crippen molar-refractivity contribution >= 4 is 24.3 Å². The van der Waals surface area contributed by atoms with Gasteiger partial charge in [-0.3, -0.25) is 0 Å². The van der Waals surface area contributed by atoms with Crippen LogP contribution >= 0.6 is 0 Å². The van der Waals surface area contributed by atoms with Crippen LogP contribution in [0.3, 0.4) is 0 Å². The number of hydrogen-bond acceptors (Lipinski definition) is 1. The minimum atomic E-state index is -4.79. The molecule has 1 amide bonds. The first-order valence-electron chi connectivity index (χ1n) is 9.78. The molecule has 0 aromatic carbocycles. The molecule has 0 aromatic rings. The van der Waals surface area contributed by atoms with Gasteiger partial charge in [-0.15, -0.1) is 0 Å². The van der Waals surface area contributed by atoms with E-state index in [1.54, 1.807) is 0 Å². The van der Waals surface area contributed by atoms with E-state index in [4.69, 9.17) is 0 Å². The Bertz CT molecular complexity index is 386. The van der Waals surface area contributed by atoms with E-state index in [1.807, 2.05) is 6.92 Å².